The van der Waals surface area contributed by atoms with Gasteiger partial charge in [-0.2, -0.15) is 5.26 Å². The quantitative estimate of drug-likeness (QED) is 0.750. The van der Waals surface area contributed by atoms with E-state index >= 15 is 0 Å². The van der Waals surface area contributed by atoms with Crippen LogP contribution in [0.25, 0.3) is 11.0 Å². The molecule has 6 heteroatoms. The Kier molecular flexibility index (Phi) is 5.55. The van der Waals surface area contributed by atoms with Gasteiger partial charge in [0.2, 0.25) is 5.95 Å². The SMILES string of the molecule is COCCOCCCCn1c(N)nc2c(C#N)cccc21. The fraction of sp³-hybridized carbons (Fsp3) is 0.467. The molecule has 0 atom stereocenters. The second-order valence-electron chi connectivity index (χ2n) is 4.72. The van der Waals surface area contributed by atoms with Gasteiger partial charge in [-0.1, -0.05) is 6.07 Å². The number of anilines is 1. The van der Waals surface area contributed by atoms with Crippen LogP contribution in [-0.4, -0.2) is 36.5 Å². The maximum absolute atomic E-state index is 9.09. The third-order valence-electron chi connectivity index (χ3n) is 3.28. The van der Waals surface area contributed by atoms with Gasteiger partial charge in [-0.25, -0.2) is 4.98 Å². The Morgan fingerprint density at radius 3 is 2.90 bits per heavy atom. The molecule has 0 spiro atoms. The molecule has 1 aromatic carbocycles. The average molecular weight is 288 g/mol. The molecule has 21 heavy (non-hydrogen) atoms. The highest BCUT2D eigenvalue weighted by Gasteiger charge is 2.10. The Morgan fingerprint density at radius 1 is 1.29 bits per heavy atom. The van der Waals surface area contributed by atoms with Gasteiger partial charge < -0.3 is 19.8 Å². The zero-order valence-electron chi connectivity index (χ0n) is 12.2. The molecule has 2 rings (SSSR count). The van der Waals surface area contributed by atoms with Gasteiger partial charge in [-0.05, 0) is 25.0 Å². The minimum absolute atomic E-state index is 0.452. The van der Waals surface area contributed by atoms with Crippen molar-refractivity contribution in [3.05, 3.63) is 23.8 Å². The van der Waals surface area contributed by atoms with E-state index in [0.29, 0.717) is 36.8 Å². The van der Waals surface area contributed by atoms with Crippen LogP contribution in [0.2, 0.25) is 0 Å². The number of fused-ring (bicyclic) bond motifs is 1. The van der Waals surface area contributed by atoms with E-state index in [0.717, 1.165) is 24.9 Å². The van der Waals surface area contributed by atoms with Crippen molar-refractivity contribution in [3.8, 4) is 6.07 Å². The van der Waals surface area contributed by atoms with Crippen molar-refractivity contribution in [3.63, 3.8) is 0 Å². The number of nitriles is 1. The number of rotatable bonds is 8. The number of para-hydroxylation sites is 1. The third-order valence-corrected chi connectivity index (χ3v) is 3.28. The van der Waals surface area contributed by atoms with Gasteiger partial charge in [-0.3, -0.25) is 0 Å². The van der Waals surface area contributed by atoms with Crippen molar-refractivity contribution in [2.75, 3.05) is 32.7 Å². The summed E-state index contributed by atoms with van der Waals surface area (Å²) in [5, 5.41) is 9.09. The molecule has 6 nitrogen and oxygen atoms in total. The molecule has 0 aliphatic carbocycles. The molecule has 0 saturated carbocycles. The summed E-state index contributed by atoms with van der Waals surface area (Å²) in [5.74, 6) is 0.452. The largest absolute Gasteiger partial charge is 0.382 e. The van der Waals surface area contributed by atoms with Gasteiger partial charge >= 0.3 is 0 Å². The van der Waals surface area contributed by atoms with Crippen molar-refractivity contribution in [1.29, 1.82) is 5.26 Å². The number of methoxy groups -OCH3 is 1. The van der Waals surface area contributed by atoms with Crippen LogP contribution in [-0.2, 0) is 16.0 Å². The molecule has 0 radical (unpaired) electrons. The summed E-state index contributed by atoms with van der Waals surface area (Å²) < 4.78 is 12.3. The molecule has 1 heterocycles. The Balaban J connectivity index is 1.93. The van der Waals surface area contributed by atoms with E-state index in [9.17, 15) is 0 Å². The van der Waals surface area contributed by atoms with Crippen LogP contribution < -0.4 is 5.73 Å². The summed E-state index contributed by atoms with van der Waals surface area (Å²) in [4.78, 5) is 4.29. The highest BCUT2D eigenvalue weighted by Crippen LogP contribution is 2.21. The molecule has 0 amide bonds. The fourth-order valence-electron chi connectivity index (χ4n) is 2.21. The van der Waals surface area contributed by atoms with E-state index in [-0.39, 0.29) is 0 Å². The average Bonchev–Trinajstić information content (AvgIpc) is 2.82. The zero-order chi connectivity index (χ0) is 15.1. The van der Waals surface area contributed by atoms with Crippen molar-refractivity contribution in [2.45, 2.75) is 19.4 Å². The zero-order valence-corrected chi connectivity index (χ0v) is 12.2. The van der Waals surface area contributed by atoms with Crippen LogP contribution in [0.5, 0.6) is 0 Å². The second kappa shape index (κ2) is 7.62. The number of imidazole rings is 1. The van der Waals surface area contributed by atoms with Gasteiger partial charge in [-0.15, -0.1) is 0 Å². The van der Waals surface area contributed by atoms with Crippen molar-refractivity contribution in [2.24, 2.45) is 0 Å². The van der Waals surface area contributed by atoms with Gasteiger partial charge in [0, 0.05) is 20.3 Å². The number of aryl methyl sites for hydroxylation is 1. The lowest BCUT2D eigenvalue weighted by Gasteiger charge is -2.07. The lowest BCUT2D eigenvalue weighted by Crippen LogP contribution is -2.06. The third kappa shape index (κ3) is 3.72. The van der Waals surface area contributed by atoms with Crippen LogP contribution in [0.15, 0.2) is 18.2 Å². The highest BCUT2D eigenvalue weighted by molar-refractivity contribution is 5.83. The number of ether oxygens (including phenoxy) is 2. The van der Waals surface area contributed by atoms with Crippen LogP contribution in [0.1, 0.15) is 18.4 Å². The summed E-state index contributed by atoms with van der Waals surface area (Å²) in [5.41, 5.74) is 8.09. The molecule has 0 saturated heterocycles. The van der Waals surface area contributed by atoms with Crippen molar-refractivity contribution < 1.29 is 9.47 Å². The minimum Gasteiger partial charge on any atom is -0.382 e. The Labute approximate surface area is 124 Å². The summed E-state index contributed by atoms with van der Waals surface area (Å²) in [6, 6.07) is 7.69. The molecular formula is C15H20N4O2. The number of hydrogen-bond donors (Lipinski definition) is 1. The lowest BCUT2D eigenvalue weighted by molar-refractivity contribution is 0.0684. The van der Waals surface area contributed by atoms with E-state index < -0.39 is 0 Å². The number of benzene rings is 1. The molecule has 0 unspecified atom stereocenters. The molecule has 0 bridgehead atoms. The first-order valence-electron chi connectivity index (χ1n) is 6.99. The van der Waals surface area contributed by atoms with Gasteiger partial charge in [0.1, 0.15) is 11.6 Å². The topological polar surface area (TPSA) is 86.1 Å². The molecule has 2 aromatic rings. The summed E-state index contributed by atoms with van der Waals surface area (Å²) >= 11 is 0. The number of hydrogen-bond acceptors (Lipinski definition) is 5. The predicted molar refractivity (Wildman–Crippen MR) is 80.8 cm³/mol. The first-order valence-corrected chi connectivity index (χ1v) is 6.99. The van der Waals surface area contributed by atoms with Crippen molar-refractivity contribution >= 4 is 17.0 Å². The predicted octanol–water partition coefficient (Wildman–Crippen LogP) is 1.93. The lowest BCUT2D eigenvalue weighted by atomic mass is 10.2. The Bertz CT molecular complexity index is 630. The van der Waals surface area contributed by atoms with Crippen LogP contribution in [0, 0.1) is 11.3 Å². The van der Waals surface area contributed by atoms with Crippen molar-refractivity contribution in [1.82, 2.24) is 9.55 Å². The van der Waals surface area contributed by atoms with Crippen LogP contribution in [0.4, 0.5) is 5.95 Å². The molecular weight excluding hydrogens is 268 g/mol. The smallest absolute Gasteiger partial charge is 0.201 e. The van der Waals surface area contributed by atoms with E-state index in [2.05, 4.69) is 11.1 Å². The molecule has 112 valence electrons. The maximum Gasteiger partial charge on any atom is 0.201 e. The first kappa shape index (κ1) is 15.3. The monoisotopic (exact) mass is 288 g/mol. The number of nitrogen functional groups attached to an aromatic ring is 1. The fourth-order valence-corrected chi connectivity index (χ4v) is 2.21. The normalized spacial score (nSPS) is 10.9. The first-order chi connectivity index (χ1) is 10.3. The highest BCUT2D eigenvalue weighted by atomic mass is 16.5. The van der Waals surface area contributed by atoms with Crippen LogP contribution in [0.3, 0.4) is 0 Å². The molecule has 0 fully saturated rings. The van der Waals surface area contributed by atoms with Gasteiger partial charge in [0.15, 0.2) is 0 Å². The summed E-state index contributed by atoms with van der Waals surface area (Å²) in [6.45, 7) is 2.72. The summed E-state index contributed by atoms with van der Waals surface area (Å²) in [6.07, 6.45) is 1.89. The van der Waals surface area contributed by atoms with Gasteiger partial charge in [0.25, 0.3) is 0 Å². The minimum atomic E-state index is 0.452. The molecule has 1 aromatic heterocycles. The van der Waals surface area contributed by atoms with E-state index in [1.54, 1.807) is 13.2 Å². The molecule has 0 aliphatic rings. The molecule has 0 aliphatic heterocycles. The number of aromatic nitrogens is 2. The number of unbranched alkanes of at least 4 members (excludes halogenated alkanes) is 1. The maximum atomic E-state index is 9.09. The van der Waals surface area contributed by atoms with Gasteiger partial charge in [0.05, 0.1) is 24.3 Å². The Hall–Kier alpha value is -2.10. The Morgan fingerprint density at radius 2 is 2.14 bits per heavy atom. The van der Waals surface area contributed by atoms with Crippen LogP contribution >= 0.6 is 0 Å². The molecule has 2 N–H and O–H groups in total. The second-order valence-corrected chi connectivity index (χ2v) is 4.72. The van der Waals surface area contributed by atoms with E-state index in [4.69, 9.17) is 20.5 Å². The van der Waals surface area contributed by atoms with E-state index in [1.807, 2.05) is 16.7 Å². The van der Waals surface area contributed by atoms with E-state index in [1.165, 1.54) is 0 Å². The number of nitrogens with two attached hydrogens (primary N) is 1. The number of nitrogens with zero attached hydrogens (tertiary/aromatic N) is 3. The standard InChI is InChI=1S/C15H20N4O2/c1-20-9-10-21-8-3-2-7-19-13-6-4-5-12(11-16)14(13)18-15(19)17/h4-6H,2-3,7-10H2,1H3,(H2,17,18). The summed E-state index contributed by atoms with van der Waals surface area (Å²) in [7, 11) is 1.66.